The van der Waals surface area contributed by atoms with E-state index in [2.05, 4.69) is 4.98 Å². The predicted molar refractivity (Wildman–Crippen MR) is 40.1 cm³/mol. The van der Waals surface area contributed by atoms with E-state index in [4.69, 9.17) is 10.00 Å². The van der Waals surface area contributed by atoms with Gasteiger partial charge < -0.3 is 4.74 Å². The summed E-state index contributed by atoms with van der Waals surface area (Å²) in [7, 11) is 0. The Kier molecular flexibility index (Phi) is 2.59. The van der Waals surface area contributed by atoms with Crippen molar-refractivity contribution in [3.05, 3.63) is 23.6 Å². The molecule has 0 amide bonds. The van der Waals surface area contributed by atoms with E-state index >= 15 is 0 Å². The third-order valence-electron chi connectivity index (χ3n) is 1.22. The van der Waals surface area contributed by atoms with Crippen LogP contribution < -0.4 is 4.74 Å². The summed E-state index contributed by atoms with van der Waals surface area (Å²) < 4.78 is 17.7. The summed E-state index contributed by atoms with van der Waals surface area (Å²) in [4.78, 5) is 3.62. The van der Waals surface area contributed by atoms with Crippen LogP contribution in [0.25, 0.3) is 0 Å². The average molecular weight is 166 g/mol. The van der Waals surface area contributed by atoms with E-state index in [9.17, 15) is 4.39 Å². The lowest BCUT2D eigenvalue weighted by Gasteiger charge is -2.01. The van der Waals surface area contributed by atoms with Gasteiger partial charge in [0, 0.05) is 6.20 Å². The van der Waals surface area contributed by atoms with Crippen molar-refractivity contribution in [1.29, 1.82) is 5.26 Å². The summed E-state index contributed by atoms with van der Waals surface area (Å²) in [6.07, 6.45) is 1.27. The maximum Gasteiger partial charge on any atom is 0.250 e. The van der Waals surface area contributed by atoms with E-state index in [1.54, 1.807) is 13.0 Å². The molecule has 0 bridgehead atoms. The average Bonchev–Trinajstić information content (AvgIpc) is 2.09. The van der Waals surface area contributed by atoms with E-state index in [-0.39, 0.29) is 11.4 Å². The molecule has 3 nitrogen and oxygen atoms in total. The van der Waals surface area contributed by atoms with Crippen molar-refractivity contribution >= 4 is 0 Å². The summed E-state index contributed by atoms with van der Waals surface area (Å²) in [5.41, 5.74) is 0.191. The number of hydrogen-bond donors (Lipinski definition) is 0. The molecule has 0 saturated carbocycles. The van der Waals surface area contributed by atoms with Crippen LogP contribution in [0.2, 0.25) is 0 Å². The standard InChI is InChI=1S/C8H7FN2O/c1-2-12-8-7(9)3-6(4-10)5-11-8/h3,5H,2H2,1H3. The molecule has 62 valence electrons. The zero-order chi connectivity index (χ0) is 8.97. The molecule has 0 aromatic carbocycles. The molecule has 0 saturated heterocycles. The molecule has 0 unspecified atom stereocenters. The minimum absolute atomic E-state index is 0.0588. The van der Waals surface area contributed by atoms with Gasteiger partial charge in [0.25, 0.3) is 0 Å². The van der Waals surface area contributed by atoms with Crippen molar-refractivity contribution in [2.24, 2.45) is 0 Å². The van der Waals surface area contributed by atoms with Crippen LogP contribution in [0.1, 0.15) is 12.5 Å². The number of pyridine rings is 1. The molecule has 0 aliphatic heterocycles. The molecular formula is C8H7FN2O. The lowest BCUT2D eigenvalue weighted by Crippen LogP contribution is -1.97. The Morgan fingerprint density at radius 3 is 3.00 bits per heavy atom. The number of aromatic nitrogens is 1. The number of rotatable bonds is 2. The minimum Gasteiger partial charge on any atom is -0.476 e. The highest BCUT2D eigenvalue weighted by Gasteiger charge is 2.04. The molecule has 1 aromatic rings. The van der Waals surface area contributed by atoms with Crippen molar-refractivity contribution < 1.29 is 9.13 Å². The van der Waals surface area contributed by atoms with Gasteiger partial charge in [0.1, 0.15) is 6.07 Å². The van der Waals surface area contributed by atoms with E-state index in [1.165, 1.54) is 6.20 Å². The fourth-order valence-corrected chi connectivity index (χ4v) is 0.729. The molecule has 1 aromatic heterocycles. The molecular weight excluding hydrogens is 159 g/mol. The highest BCUT2D eigenvalue weighted by Crippen LogP contribution is 2.13. The number of ether oxygens (including phenoxy) is 1. The third kappa shape index (κ3) is 1.70. The van der Waals surface area contributed by atoms with Crippen molar-refractivity contribution in [1.82, 2.24) is 4.98 Å². The SMILES string of the molecule is CCOc1ncc(C#N)cc1F. The van der Waals surface area contributed by atoms with E-state index in [1.807, 2.05) is 0 Å². The summed E-state index contributed by atoms with van der Waals surface area (Å²) in [5.74, 6) is -0.660. The Hall–Kier alpha value is -1.63. The fourth-order valence-electron chi connectivity index (χ4n) is 0.729. The van der Waals surface area contributed by atoms with Gasteiger partial charge in [-0.15, -0.1) is 0 Å². The Labute approximate surface area is 69.4 Å². The van der Waals surface area contributed by atoms with Gasteiger partial charge in [0.2, 0.25) is 5.88 Å². The van der Waals surface area contributed by atoms with Crippen molar-refractivity contribution in [3.63, 3.8) is 0 Å². The Bertz CT molecular complexity index is 319. The summed E-state index contributed by atoms with van der Waals surface area (Å²) >= 11 is 0. The maximum atomic E-state index is 12.9. The van der Waals surface area contributed by atoms with Gasteiger partial charge in [0.05, 0.1) is 12.2 Å². The molecule has 0 spiro atoms. The maximum absolute atomic E-state index is 12.9. The molecule has 0 N–H and O–H groups in total. The summed E-state index contributed by atoms with van der Waals surface area (Å²) in [6, 6.07) is 2.87. The van der Waals surface area contributed by atoms with Gasteiger partial charge in [-0.2, -0.15) is 5.26 Å². The quantitative estimate of drug-likeness (QED) is 0.668. The molecule has 1 rings (SSSR count). The lowest BCUT2D eigenvalue weighted by molar-refractivity contribution is 0.307. The van der Waals surface area contributed by atoms with Crippen LogP contribution >= 0.6 is 0 Å². The fraction of sp³-hybridized carbons (Fsp3) is 0.250. The zero-order valence-electron chi connectivity index (χ0n) is 6.54. The van der Waals surface area contributed by atoms with E-state index in [0.717, 1.165) is 6.07 Å². The van der Waals surface area contributed by atoms with Gasteiger partial charge >= 0.3 is 0 Å². The normalized spacial score (nSPS) is 9.08. The molecule has 0 aliphatic rings. The first kappa shape index (κ1) is 8.47. The van der Waals surface area contributed by atoms with Crippen LogP contribution in [0.3, 0.4) is 0 Å². The first-order valence-electron chi connectivity index (χ1n) is 3.46. The summed E-state index contributed by atoms with van der Waals surface area (Å²) in [6.45, 7) is 2.09. The van der Waals surface area contributed by atoms with Crippen molar-refractivity contribution in [3.8, 4) is 11.9 Å². The van der Waals surface area contributed by atoms with Crippen LogP contribution in [0, 0.1) is 17.1 Å². The first-order chi connectivity index (χ1) is 5.77. The lowest BCUT2D eigenvalue weighted by atomic mass is 10.3. The Morgan fingerprint density at radius 2 is 2.50 bits per heavy atom. The second-order valence-electron chi connectivity index (χ2n) is 2.06. The van der Waals surface area contributed by atoms with Crippen LogP contribution in [-0.2, 0) is 0 Å². The third-order valence-corrected chi connectivity index (χ3v) is 1.22. The van der Waals surface area contributed by atoms with Gasteiger partial charge in [-0.1, -0.05) is 0 Å². The molecule has 0 aliphatic carbocycles. The monoisotopic (exact) mass is 166 g/mol. The van der Waals surface area contributed by atoms with E-state index in [0.29, 0.717) is 6.61 Å². The molecule has 12 heavy (non-hydrogen) atoms. The molecule has 1 heterocycles. The Morgan fingerprint density at radius 1 is 1.75 bits per heavy atom. The predicted octanol–water partition coefficient (Wildman–Crippen LogP) is 1.49. The second-order valence-corrected chi connectivity index (χ2v) is 2.06. The van der Waals surface area contributed by atoms with Gasteiger partial charge in [-0.05, 0) is 13.0 Å². The van der Waals surface area contributed by atoms with Gasteiger partial charge in [0.15, 0.2) is 5.82 Å². The first-order valence-corrected chi connectivity index (χ1v) is 3.46. The number of nitrogens with zero attached hydrogens (tertiary/aromatic N) is 2. The number of nitriles is 1. The molecule has 4 heteroatoms. The number of hydrogen-bond acceptors (Lipinski definition) is 3. The molecule has 0 radical (unpaired) electrons. The summed E-state index contributed by atoms with van der Waals surface area (Å²) in [5, 5.41) is 8.39. The number of halogens is 1. The highest BCUT2D eigenvalue weighted by atomic mass is 19.1. The zero-order valence-corrected chi connectivity index (χ0v) is 6.54. The highest BCUT2D eigenvalue weighted by molar-refractivity contribution is 5.29. The van der Waals surface area contributed by atoms with Crippen LogP contribution in [0.15, 0.2) is 12.3 Å². The van der Waals surface area contributed by atoms with E-state index < -0.39 is 5.82 Å². The minimum atomic E-state index is -0.601. The van der Waals surface area contributed by atoms with Crippen molar-refractivity contribution in [2.75, 3.05) is 6.61 Å². The van der Waals surface area contributed by atoms with Crippen LogP contribution in [0.5, 0.6) is 5.88 Å². The Balaban J connectivity index is 2.97. The van der Waals surface area contributed by atoms with Crippen molar-refractivity contribution in [2.45, 2.75) is 6.92 Å². The molecule has 0 fully saturated rings. The molecule has 0 atom stereocenters. The van der Waals surface area contributed by atoms with Crippen LogP contribution in [0.4, 0.5) is 4.39 Å². The van der Waals surface area contributed by atoms with Crippen LogP contribution in [-0.4, -0.2) is 11.6 Å². The smallest absolute Gasteiger partial charge is 0.250 e. The van der Waals surface area contributed by atoms with Gasteiger partial charge in [-0.3, -0.25) is 0 Å². The van der Waals surface area contributed by atoms with Gasteiger partial charge in [-0.25, -0.2) is 9.37 Å². The topological polar surface area (TPSA) is 45.9 Å². The second kappa shape index (κ2) is 3.67. The largest absolute Gasteiger partial charge is 0.476 e.